The minimum absolute atomic E-state index is 0.192. The summed E-state index contributed by atoms with van der Waals surface area (Å²) in [6.45, 7) is 2.79. The number of rotatable bonds is 5. The topological polar surface area (TPSA) is 55.4 Å². The lowest BCUT2D eigenvalue weighted by atomic mass is 9.94. The van der Waals surface area contributed by atoms with Gasteiger partial charge in [-0.2, -0.15) is 0 Å². The van der Waals surface area contributed by atoms with E-state index in [1.165, 1.54) is 11.8 Å². The molecule has 0 bridgehead atoms. The molecular formula is C16H25NO3S. The van der Waals surface area contributed by atoms with Crippen LogP contribution in [0.4, 0.5) is 0 Å². The van der Waals surface area contributed by atoms with Crippen molar-refractivity contribution in [1.82, 2.24) is 5.32 Å². The van der Waals surface area contributed by atoms with Crippen molar-refractivity contribution in [2.24, 2.45) is 0 Å². The van der Waals surface area contributed by atoms with Crippen molar-refractivity contribution in [3.8, 4) is 5.75 Å². The molecule has 1 aromatic carbocycles. The zero-order chi connectivity index (χ0) is 15.5. The minimum atomic E-state index is -2.93. The van der Waals surface area contributed by atoms with Gasteiger partial charge in [-0.1, -0.05) is 18.6 Å². The Morgan fingerprint density at radius 3 is 2.76 bits per heavy atom. The van der Waals surface area contributed by atoms with Crippen LogP contribution in [-0.4, -0.2) is 33.1 Å². The largest absolute Gasteiger partial charge is 0.496 e. The Hall–Kier alpha value is -1.07. The van der Waals surface area contributed by atoms with E-state index in [0.717, 1.165) is 37.1 Å². The molecule has 2 unspecified atom stereocenters. The molecule has 0 amide bonds. The smallest absolute Gasteiger partial charge is 0.150 e. The molecular weight excluding hydrogens is 286 g/mol. The molecule has 1 aliphatic carbocycles. The number of sulfone groups is 1. The third-order valence-electron chi connectivity index (χ3n) is 4.39. The van der Waals surface area contributed by atoms with Crippen LogP contribution in [0.25, 0.3) is 0 Å². The summed E-state index contributed by atoms with van der Waals surface area (Å²) in [6.07, 6.45) is 4.88. The van der Waals surface area contributed by atoms with Gasteiger partial charge in [0, 0.05) is 24.4 Å². The summed E-state index contributed by atoms with van der Waals surface area (Å²) in [7, 11) is -1.25. The van der Waals surface area contributed by atoms with Crippen molar-refractivity contribution in [1.29, 1.82) is 0 Å². The highest BCUT2D eigenvalue weighted by Crippen LogP contribution is 2.26. The van der Waals surface area contributed by atoms with Crippen LogP contribution in [0, 0.1) is 6.92 Å². The highest BCUT2D eigenvalue weighted by molar-refractivity contribution is 7.91. The van der Waals surface area contributed by atoms with Crippen molar-refractivity contribution in [3.63, 3.8) is 0 Å². The van der Waals surface area contributed by atoms with Gasteiger partial charge < -0.3 is 10.1 Å². The number of benzene rings is 1. The molecule has 1 saturated carbocycles. The van der Waals surface area contributed by atoms with Crippen LogP contribution in [0.1, 0.15) is 36.8 Å². The summed E-state index contributed by atoms with van der Waals surface area (Å²) >= 11 is 0. The van der Waals surface area contributed by atoms with Gasteiger partial charge in [-0.15, -0.1) is 0 Å². The standard InChI is InChI=1S/C16H25NO3S/c1-12-6-4-9-16(20-2)15(12)11-17-13-7-5-8-14(10-13)21(3,18)19/h4,6,9,13-14,17H,5,7-8,10-11H2,1-3H3. The fraction of sp³-hybridized carbons (Fsp3) is 0.625. The Morgan fingerprint density at radius 1 is 1.33 bits per heavy atom. The molecule has 5 heteroatoms. The molecule has 0 aromatic heterocycles. The molecule has 0 aliphatic heterocycles. The lowest BCUT2D eigenvalue weighted by molar-refractivity contribution is 0.364. The first-order chi connectivity index (χ1) is 9.91. The van der Waals surface area contributed by atoms with E-state index in [0.29, 0.717) is 6.42 Å². The average molecular weight is 311 g/mol. The number of nitrogens with one attached hydrogen (secondary N) is 1. The molecule has 1 aromatic rings. The van der Waals surface area contributed by atoms with Crippen LogP contribution in [-0.2, 0) is 16.4 Å². The molecule has 2 atom stereocenters. The maximum absolute atomic E-state index is 11.7. The maximum Gasteiger partial charge on any atom is 0.150 e. The molecule has 21 heavy (non-hydrogen) atoms. The van der Waals surface area contributed by atoms with E-state index >= 15 is 0 Å². The SMILES string of the molecule is COc1cccc(C)c1CNC1CCCC(S(C)(=O)=O)C1. The Balaban J connectivity index is 2.00. The van der Waals surface area contributed by atoms with Crippen LogP contribution >= 0.6 is 0 Å². The zero-order valence-electron chi connectivity index (χ0n) is 13.1. The highest BCUT2D eigenvalue weighted by Gasteiger charge is 2.28. The normalized spacial score (nSPS) is 23.0. The van der Waals surface area contributed by atoms with Crippen LogP contribution in [0.5, 0.6) is 5.75 Å². The molecule has 4 nitrogen and oxygen atoms in total. The molecule has 1 N–H and O–H groups in total. The summed E-state index contributed by atoms with van der Waals surface area (Å²) in [5, 5.41) is 3.32. The van der Waals surface area contributed by atoms with Crippen LogP contribution in [0.15, 0.2) is 18.2 Å². The van der Waals surface area contributed by atoms with Crippen molar-refractivity contribution in [2.45, 2.75) is 50.4 Å². The molecule has 1 fully saturated rings. The lowest BCUT2D eigenvalue weighted by Gasteiger charge is -2.29. The zero-order valence-corrected chi connectivity index (χ0v) is 13.9. The fourth-order valence-electron chi connectivity index (χ4n) is 3.06. The predicted molar refractivity (Wildman–Crippen MR) is 85.5 cm³/mol. The Kier molecular flexibility index (Phi) is 5.27. The summed E-state index contributed by atoms with van der Waals surface area (Å²) in [4.78, 5) is 0. The quantitative estimate of drug-likeness (QED) is 0.907. The Bertz CT molecular complexity index is 583. The summed E-state index contributed by atoms with van der Waals surface area (Å²) in [6, 6.07) is 6.28. The lowest BCUT2D eigenvalue weighted by Crippen LogP contribution is -2.38. The van der Waals surface area contributed by atoms with Crippen LogP contribution in [0.3, 0.4) is 0 Å². The number of methoxy groups -OCH3 is 1. The Morgan fingerprint density at radius 2 is 2.10 bits per heavy atom. The van der Waals surface area contributed by atoms with E-state index < -0.39 is 9.84 Å². The van der Waals surface area contributed by atoms with E-state index in [-0.39, 0.29) is 11.3 Å². The van der Waals surface area contributed by atoms with Crippen molar-refractivity contribution in [2.75, 3.05) is 13.4 Å². The highest BCUT2D eigenvalue weighted by atomic mass is 32.2. The summed E-state index contributed by atoms with van der Waals surface area (Å²) in [5.74, 6) is 0.887. The third-order valence-corrected chi connectivity index (χ3v) is 6.03. The minimum Gasteiger partial charge on any atom is -0.496 e. The van der Waals surface area contributed by atoms with Crippen LogP contribution in [0.2, 0.25) is 0 Å². The van der Waals surface area contributed by atoms with Gasteiger partial charge in [-0.25, -0.2) is 8.42 Å². The third kappa shape index (κ3) is 4.20. The molecule has 118 valence electrons. The van der Waals surface area contributed by atoms with Crippen molar-refractivity contribution in [3.05, 3.63) is 29.3 Å². The predicted octanol–water partition coefficient (Wildman–Crippen LogP) is 2.45. The first-order valence-electron chi connectivity index (χ1n) is 7.46. The van der Waals surface area contributed by atoms with Gasteiger partial charge in [-0.3, -0.25) is 0 Å². The van der Waals surface area contributed by atoms with Gasteiger partial charge in [0.2, 0.25) is 0 Å². The van der Waals surface area contributed by atoms with E-state index in [2.05, 4.69) is 18.3 Å². The fourth-order valence-corrected chi connectivity index (χ4v) is 4.24. The molecule has 0 saturated heterocycles. The molecule has 0 heterocycles. The van der Waals surface area contributed by atoms with Gasteiger partial charge >= 0.3 is 0 Å². The Labute approximate surface area is 127 Å². The van der Waals surface area contributed by atoms with E-state index in [9.17, 15) is 8.42 Å². The average Bonchev–Trinajstić information content (AvgIpc) is 2.45. The van der Waals surface area contributed by atoms with Gasteiger partial charge in [0.15, 0.2) is 0 Å². The van der Waals surface area contributed by atoms with Gasteiger partial charge in [0.05, 0.1) is 12.4 Å². The maximum atomic E-state index is 11.7. The molecule has 1 aliphatic rings. The molecule has 0 spiro atoms. The number of aryl methyl sites for hydroxylation is 1. The number of hydrogen-bond acceptors (Lipinski definition) is 4. The molecule has 2 rings (SSSR count). The second-order valence-corrected chi connectivity index (χ2v) is 8.28. The van der Waals surface area contributed by atoms with Crippen molar-refractivity contribution >= 4 is 9.84 Å². The van der Waals surface area contributed by atoms with E-state index in [1.54, 1.807) is 7.11 Å². The second kappa shape index (κ2) is 6.79. The first kappa shape index (κ1) is 16.3. The van der Waals surface area contributed by atoms with Gasteiger partial charge in [0.1, 0.15) is 15.6 Å². The van der Waals surface area contributed by atoms with Gasteiger partial charge in [0.25, 0.3) is 0 Å². The summed E-state index contributed by atoms with van der Waals surface area (Å²) < 4.78 is 28.8. The van der Waals surface area contributed by atoms with Crippen LogP contribution < -0.4 is 10.1 Å². The van der Waals surface area contributed by atoms with Gasteiger partial charge in [-0.05, 0) is 37.8 Å². The summed E-state index contributed by atoms with van der Waals surface area (Å²) in [5.41, 5.74) is 2.35. The number of ether oxygens (including phenoxy) is 1. The van der Waals surface area contributed by atoms with E-state index in [1.807, 2.05) is 12.1 Å². The first-order valence-corrected chi connectivity index (χ1v) is 9.42. The monoisotopic (exact) mass is 311 g/mol. The van der Waals surface area contributed by atoms with Crippen molar-refractivity contribution < 1.29 is 13.2 Å². The van der Waals surface area contributed by atoms with E-state index in [4.69, 9.17) is 4.74 Å². The number of hydrogen-bond donors (Lipinski definition) is 1. The molecule has 0 radical (unpaired) electrons. The second-order valence-electron chi connectivity index (χ2n) is 5.95.